The van der Waals surface area contributed by atoms with Gasteiger partial charge in [-0.2, -0.15) is 0 Å². The molecule has 3 heteroatoms. The van der Waals surface area contributed by atoms with E-state index in [4.69, 9.17) is 9.47 Å². The van der Waals surface area contributed by atoms with Crippen LogP contribution in [-0.4, -0.2) is 18.2 Å². The van der Waals surface area contributed by atoms with E-state index < -0.39 is 5.60 Å². The average Bonchev–Trinajstić information content (AvgIpc) is 2.56. The van der Waals surface area contributed by atoms with Crippen LogP contribution in [0.15, 0.2) is 48.6 Å². The Bertz CT molecular complexity index is 748. The highest BCUT2D eigenvalue weighted by molar-refractivity contribution is 5.89. The highest BCUT2D eigenvalue weighted by Crippen LogP contribution is 2.30. The minimum atomic E-state index is -0.547. The van der Waals surface area contributed by atoms with Crippen molar-refractivity contribution in [1.29, 1.82) is 0 Å². The molecule has 0 aliphatic heterocycles. The van der Waals surface area contributed by atoms with Crippen LogP contribution in [0.2, 0.25) is 0 Å². The molecule has 0 radical (unpaired) electrons. The quantitative estimate of drug-likeness (QED) is 0.518. The summed E-state index contributed by atoms with van der Waals surface area (Å²) in [5.74, 6) is 0.554. The van der Waals surface area contributed by atoms with E-state index in [1.165, 1.54) is 0 Å². The third kappa shape index (κ3) is 4.16. The molecule has 0 aliphatic carbocycles. The molecule has 0 N–H and O–H groups in total. The van der Waals surface area contributed by atoms with E-state index in [2.05, 4.69) is 30.8 Å². The standard InChI is InChI=1S/C21H26O3/c1-6-21(5,24-20(22)15(2)3)13-14-23-19-16(4)11-12-17-9-7-8-10-18(17)19/h7-12H,2,6,13-14H2,1,3-5H3. The molecule has 3 nitrogen and oxygen atoms in total. The zero-order valence-corrected chi connectivity index (χ0v) is 15.0. The number of esters is 1. The highest BCUT2D eigenvalue weighted by Gasteiger charge is 2.27. The summed E-state index contributed by atoms with van der Waals surface area (Å²) in [6.45, 7) is 11.8. The summed E-state index contributed by atoms with van der Waals surface area (Å²) < 4.78 is 11.7. The number of benzene rings is 2. The van der Waals surface area contributed by atoms with E-state index in [-0.39, 0.29) is 5.97 Å². The van der Waals surface area contributed by atoms with Crippen molar-refractivity contribution in [3.05, 3.63) is 54.1 Å². The van der Waals surface area contributed by atoms with Crippen molar-refractivity contribution in [2.24, 2.45) is 0 Å². The summed E-state index contributed by atoms with van der Waals surface area (Å²) in [7, 11) is 0. The van der Waals surface area contributed by atoms with Crippen LogP contribution in [0.3, 0.4) is 0 Å². The van der Waals surface area contributed by atoms with Crippen molar-refractivity contribution in [3.63, 3.8) is 0 Å². The Morgan fingerprint density at radius 2 is 1.92 bits per heavy atom. The van der Waals surface area contributed by atoms with Crippen LogP contribution in [0.4, 0.5) is 0 Å². The second-order valence-electron chi connectivity index (χ2n) is 6.50. The van der Waals surface area contributed by atoms with Crippen LogP contribution in [0, 0.1) is 6.92 Å². The maximum absolute atomic E-state index is 11.8. The fourth-order valence-electron chi connectivity index (χ4n) is 2.52. The van der Waals surface area contributed by atoms with Crippen molar-refractivity contribution in [1.82, 2.24) is 0 Å². The van der Waals surface area contributed by atoms with Gasteiger partial charge in [0.15, 0.2) is 0 Å². The summed E-state index contributed by atoms with van der Waals surface area (Å²) in [6.07, 6.45) is 1.36. The van der Waals surface area contributed by atoms with Crippen LogP contribution >= 0.6 is 0 Å². The first kappa shape index (κ1) is 18.1. The summed E-state index contributed by atoms with van der Waals surface area (Å²) in [5.41, 5.74) is 0.973. The molecule has 0 aliphatic rings. The third-order valence-corrected chi connectivity index (χ3v) is 4.39. The molecule has 0 heterocycles. The van der Waals surface area contributed by atoms with Crippen molar-refractivity contribution in [2.45, 2.75) is 46.1 Å². The van der Waals surface area contributed by atoms with Crippen molar-refractivity contribution >= 4 is 16.7 Å². The largest absolute Gasteiger partial charge is 0.493 e. The molecule has 0 bridgehead atoms. The van der Waals surface area contributed by atoms with E-state index in [0.29, 0.717) is 18.6 Å². The molecule has 0 saturated carbocycles. The van der Waals surface area contributed by atoms with Crippen molar-refractivity contribution in [2.75, 3.05) is 6.61 Å². The number of ether oxygens (including phenoxy) is 2. The number of aryl methyl sites for hydroxylation is 1. The zero-order valence-electron chi connectivity index (χ0n) is 15.0. The maximum atomic E-state index is 11.8. The van der Waals surface area contributed by atoms with Crippen molar-refractivity contribution in [3.8, 4) is 5.75 Å². The highest BCUT2D eigenvalue weighted by atomic mass is 16.6. The van der Waals surface area contributed by atoms with Gasteiger partial charge in [0.1, 0.15) is 11.4 Å². The number of rotatable bonds is 7. The molecule has 24 heavy (non-hydrogen) atoms. The van der Waals surface area contributed by atoms with Gasteiger partial charge in [0.2, 0.25) is 0 Å². The van der Waals surface area contributed by atoms with Gasteiger partial charge in [0.25, 0.3) is 0 Å². The Hall–Kier alpha value is -2.29. The van der Waals surface area contributed by atoms with Crippen molar-refractivity contribution < 1.29 is 14.3 Å². The van der Waals surface area contributed by atoms with Gasteiger partial charge in [0.05, 0.1) is 6.61 Å². The molecule has 2 aromatic rings. The third-order valence-electron chi connectivity index (χ3n) is 4.39. The molecule has 1 unspecified atom stereocenters. The maximum Gasteiger partial charge on any atom is 0.333 e. The number of hydrogen-bond acceptors (Lipinski definition) is 3. The number of carbonyl (C=O) groups excluding carboxylic acids is 1. The molecule has 0 aromatic heterocycles. The van der Waals surface area contributed by atoms with Crippen LogP contribution < -0.4 is 4.74 Å². The molecular weight excluding hydrogens is 300 g/mol. The molecule has 128 valence electrons. The summed E-state index contributed by atoms with van der Waals surface area (Å²) >= 11 is 0. The van der Waals surface area contributed by atoms with Gasteiger partial charge in [-0.1, -0.05) is 49.9 Å². The number of carbonyl (C=O) groups is 1. The SMILES string of the molecule is C=C(C)C(=O)OC(C)(CC)CCOc1c(C)ccc2ccccc12. The minimum absolute atomic E-state index is 0.347. The molecule has 0 fully saturated rings. The monoisotopic (exact) mass is 326 g/mol. The predicted octanol–water partition coefficient (Wildman–Crippen LogP) is 5.21. The first-order chi connectivity index (χ1) is 11.4. The Morgan fingerprint density at radius 1 is 1.21 bits per heavy atom. The van der Waals surface area contributed by atoms with Gasteiger partial charge in [-0.3, -0.25) is 0 Å². The van der Waals surface area contributed by atoms with Gasteiger partial charge >= 0.3 is 5.97 Å². The van der Waals surface area contributed by atoms with Gasteiger partial charge in [0, 0.05) is 17.4 Å². The fourth-order valence-corrected chi connectivity index (χ4v) is 2.52. The first-order valence-electron chi connectivity index (χ1n) is 8.36. The summed E-state index contributed by atoms with van der Waals surface area (Å²) in [5, 5.41) is 2.26. The Balaban J connectivity index is 2.09. The molecular formula is C21H26O3. The van der Waals surface area contributed by atoms with Gasteiger partial charge in [-0.05, 0) is 38.1 Å². The van der Waals surface area contributed by atoms with Crippen LogP contribution in [0.25, 0.3) is 10.8 Å². The van der Waals surface area contributed by atoms with Crippen LogP contribution in [-0.2, 0) is 9.53 Å². The molecule has 2 rings (SSSR count). The summed E-state index contributed by atoms with van der Waals surface area (Å²) in [6, 6.07) is 12.3. The topological polar surface area (TPSA) is 35.5 Å². The minimum Gasteiger partial charge on any atom is -0.493 e. The van der Waals surface area contributed by atoms with Gasteiger partial charge in [-0.25, -0.2) is 4.79 Å². The van der Waals surface area contributed by atoms with Gasteiger partial charge in [-0.15, -0.1) is 0 Å². The van der Waals surface area contributed by atoms with E-state index in [0.717, 1.165) is 28.5 Å². The average molecular weight is 326 g/mol. The van der Waals surface area contributed by atoms with Crippen LogP contribution in [0.1, 0.15) is 39.2 Å². The van der Waals surface area contributed by atoms with Gasteiger partial charge < -0.3 is 9.47 Å². The van der Waals surface area contributed by atoms with Crippen LogP contribution in [0.5, 0.6) is 5.75 Å². The van der Waals surface area contributed by atoms with E-state index in [9.17, 15) is 4.79 Å². The fraction of sp³-hybridized carbons (Fsp3) is 0.381. The second-order valence-corrected chi connectivity index (χ2v) is 6.50. The number of fused-ring (bicyclic) bond motifs is 1. The second kappa shape index (κ2) is 7.52. The molecule has 0 saturated heterocycles. The lowest BCUT2D eigenvalue weighted by Crippen LogP contribution is -2.33. The van der Waals surface area contributed by atoms with E-state index in [1.807, 2.05) is 32.9 Å². The Morgan fingerprint density at radius 3 is 2.58 bits per heavy atom. The Labute approximate surface area is 144 Å². The zero-order chi connectivity index (χ0) is 17.7. The lowest BCUT2D eigenvalue weighted by atomic mass is 9.99. The van der Waals surface area contributed by atoms with E-state index in [1.54, 1.807) is 6.92 Å². The van der Waals surface area contributed by atoms with E-state index >= 15 is 0 Å². The first-order valence-corrected chi connectivity index (χ1v) is 8.36. The number of hydrogen-bond donors (Lipinski definition) is 0. The molecule has 0 amide bonds. The Kier molecular flexibility index (Phi) is 5.66. The molecule has 0 spiro atoms. The predicted molar refractivity (Wildman–Crippen MR) is 98.4 cm³/mol. The normalized spacial score (nSPS) is 13.3. The molecule has 1 atom stereocenters. The lowest BCUT2D eigenvalue weighted by Gasteiger charge is -2.28. The summed E-state index contributed by atoms with van der Waals surface area (Å²) in [4.78, 5) is 11.8. The smallest absolute Gasteiger partial charge is 0.333 e. The molecule has 2 aromatic carbocycles. The lowest BCUT2D eigenvalue weighted by molar-refractivity contribution is -0.154.